The summed E-state index contributed by atoms with van der Waals surface area (Å²) in [5.41, 5.74) is 0. The number of halogens is 12. The van der Waals surface area contributed by atoms with Crippen molar-refractivity contribution in [3.8, 4) is 0 Å². The summed E-state index contributed by atoms with van der Waals surface area (Å²) in [5.74, 6) is -19.9. The molecule has 0 saturated carbocycles. The lowest BCUT2D eigenvalue weighted by atomic mass is 10.0. The molecule has 0 aliphatic rings. The zero-order chi connectivity index (χ0) is 22.8. The summed E-state index contributed by atoms with van der Waals surface area (Å²) in [6.07, 6.45) is -9.40. The van der Waals surface area contributed by atoms with Crippen molar-refractivity contribution in [2.75, 3.05) is 13.2 Å². The van der Waals surface area contributed by atoms with Gasteiger partial charge in [0, 0.05) is 13.0 Å². The van der Waals surface area contributed by atoms with Crippen LogP contribution in [0.15, 0.2) is 0 Å². The highest BCUT2D eigenvalue weighted by Crippen LogP contribution is 2.53. The van der Waals surface area contributed by atoms with Crippen molar-refractivity contribution in [1.29, 1.82) is 0 Å². The Morgan fingerprint density at radius 3 is 1.75 bits per heavy atom. The molecule has 0 rings (SSSR count). The second-order valence-electron chi connectivity index (χ2n) is 4.79. The molecule has 0 atom stereocenters. The molecule has 0 bridgehead atoms. The molecule has 2 N–H and O–H groups in total. The third-order valence-corrected chi connectivity index (χ3v) is 3.72. The fraction of sp³-hybridized carbons (Fsp3) is 0.889. The average Bonchev–Trinajstić information content (AvgIpc) is 2.42. The second-order valence-corrected chi connectivity index (χ2v) is 8.65. The van der Waals surface area contributed by atoms with Crippen LogP contribution in [-0.4, -0.2) is 55.3 Å². The lowest BCUT2D eigenvalue weighted by Crippen LogP contribution is -2.61. The number of hydrogen-bond donors (Lipinski definition) is 2. The van der Waals surface area contributed by atoms with Crippen molar-refractivity contribution < 1.29 is 56.9 Å². The second kappa shape index (κ2) is 8.65. The molecule has 6 nitrogen and oxygen atoms in total. The molecule has 0 aromatic heterocycles. The predicted octanol–water partition coefficient (Wildman–Crippen LogP) is 3.78. The number of carbonyl (C=O) groups is 1. The van der Waals surface area contributed by atoms with E-state index in [2.05, 4.69) is 4.18 Å². The van der Waals surface area contributed by atoms with E-state index in [4.69, 9.17) is 34.8 Å². The van der Waals surface area contributed by atoms with Gasteiger partial charge in [0.25, 0.3) is 0 Å². The first-order chi connectivity index (χ1) is 12.1. The van der Waals surface area contributed by atoms with Crippen molar-refractivity contribution in [3.05, 3.63) is 0 Å². The van der Waals surface area contributed by atoms with Gasteiger partial charge < -0.3 is 5.32 Å². The van der Waals surface area contributed by atoms with Gasteiger partial charge >= 0.3 is 40.3 Å². The van der Waals surface area contributed by atoms with Gasteiger partial charge in [-0.05, 0) is 0 Å². The Bertz CT molecular complexity index is 667. The van der Waals surface area contributed by atoms with Gasteiger partial charge in [-0.1, -0.05) is 34.8 Å². The van der Waals surface area contributed by atoms with Gasteiger partial charge in [-0.15, -0.1) is 0 Å². The largest absolute Gasteiger partial charge is 0.460 e. The van der Waals surface area contributed by atoms with E-state index in [9.17, 15) is 52.7 Å². The molecule has 0 aromatic rings. The molecule has 0 fully saturated rings. The van der Waals surface area contributed by atoms with E-state index in [1.54, 1.807) is 0 Å². The van der Waals surface area contributed by atoms with Crippen molar-refractivity contribution in [1.82, 2.24) is 10.0 Å². The van der Waals surface area contributed by atoms with E-state index in [0.717, 1.165) is 4.72 Å². The molecule has 28 heavy (non-hydrogen) atoms. The Kier molecular flexibility index (Phi) is 8.47. The molecule has 0 aliphatic heterocycles. The standard InChI is InChI=1S/C9H8Cl3F9N2O4S/c10-6(11,12)3-27-28(25,26)23-4(24)22-2-1-5(13,14)7(15,16)8(17,18)9(19,20)21/h1-3H2,(H2,22,23,24). The number of urea groups is 1. The molecule has 168 valence electrons. The van der Waals surface area contributed by atoms with Gasteiger partial charge in [0.05, 0.1) is 0 Å². The van der Waals surface area contributed by atoms with Gasteiger partial charge in [-0.25, -0.2) is 13.7 Å². The van der Waals surface area contributed by atoms with E-state index < -0.39 is 63.6 Å². The smallest absolute Gasteiger partial charge is 0.337 e. The summed E-state index contributed by atoms with van der Waals surface area (Å²) >= 11 is 15.4. The molecule has 0 spiro atoms. The summed E-state index contributed by atoms with van der Waals surface area (Å²) < 4.78 is 138. The van der Waals surface area contributed by atoms with E-state index in [1.807, 2.05) is 0 Å². The van der Waals surface area contributed by atoms with Crippen LogP contribution >= 0.6 is 34.8 Å². The van der Waals surface area contributed by atoms with Crippen molar-refractivity contribution in [2.45, 2.75) is 34.2 Å². The molecule has 2 amide bonds. The Labute approximate surface area is 165 Å². The molecule has 0 saturated heterocycles. The van der Waals surface area contributed by atoms with Crippen LogP contribution in [0.1, 0.15) is 6.42 Å². The van der Waals surface area contributed by atoms with Crippen molar-refractivity contribution in [3.63, 3.8) is 0 Å². The highest BCUT2D eigenvalue weighted by Gasteiger charge is 2.81. The van der Waals surface area contributed by atoms with Gasteiger partial charge in [-0.3, -0.25) is 0 Å². The van der Waals surface area contributed by atoms with Crippen LogP contribution in [0.3, 0.4) is 0 Å². The van der Waals surface area contributed by atoms with Crippen LogP contribution in [0.4, 0.5) is 44.3 Å². The molecule has 0 unspecified atom stereocenters. The molecule has 0 radical (unpaired) electrons. The maximum absolute atomic E-state index is 13.2. The minimum atomic E-state index is -7.08. The molecule has 0 aliphatic carbocycles. The van der Waals surface area contributed by atoms with Crippen LogP contribution in [-0.2, 0) is 14.5 Å². The van der Waals surface area contributed by atoms with E-state index in [-0.39, 0.29) is 0 Å². The van der Waals surface area contributed by atoms with Crippen LogP contribution in [0.2, 0.25) is 0 Å². The first kappa shape index (κ1) is 27.4. The van der Waals surface area contributed by atoms with Crippen LogP contribution in [0, 0.1) is 0 Å². The molecule has 19 heteroatoms. The normalized spacial score (nSPS) is 14.7. The molecule has 0 aromatic carbocycles. The SMILES string of the molecule is O=C(NCCC(F)(F)C(F)(F)C(F)(F)C(F)(F)F)NS(=O)(=O)OCC(Cl)(Cl)Cl. The summed E-state index contributed by atoms with van der Waals surface area (Å²) in [5, 5.41) is 1.21. The monoisotopic (exact) mass is 516 g/mol. The quantitative estimate of drug-likeness (QED) is 0.379. The lowest BCUT2D eigenvalue weighted by Gasteiger charge is -2.33. The zero-order valence-corrected chi connectivity index (χ0v) is 15.8. The van der Waals surface area contributed by atoms with Crippen LogP contribution in [0.5, 0.6) is 0 Å². The minimum absolute atomic E-state index is 0.972. The fourth-order valence-electron chi connectivity index (χ4n) is 1.22. The summed E-state index contributed by atoms with van der Waals surface area (Å²) in [6.45, 7) is -2.75. The number of hydrogen-bond acceptors (Lipinski definition) is 4. The molecular weight excluding hydrogens is 510 g/mol. The summed E-state index contributed by atoms with van der Waals surface area (Å²) in [4.78, 5) is 11.1. The van der Waals surface area contributed by atoms with Crippen LogP contribution < -0.4 is 10.0 Å². The lowest BCUT2D eigenvalue weighted by molar-refractivity contribution is -0.396. The first-order valence-electron chi connectivity index (χ1n) is 6.28. The van der Waals surface area contributed by atoms with Gasteiger partial charge in [0.2, 0.25) is 3.79 Å². The van der Waals surface area contributed by atoms with E-state index in [0.29, 0.717) is 0 Å². The third-order valence-electron chi connectivity index (χ3n) is 2.53. The van der Waals surface area contributed by atoms with E-state index >= 15 is 0 Å². The summed E-state index contributed by atoms with van der Waals surface area (Å²) in [6, 6.07) is -1.88. The van der Waals surface area contributed by atoms with Gasteiger partial charge in [0.15, 0.2) is 0 Å². The molecular formula is C9H8Cl3F9N2O4S. The highest BCUT2D eigenvalue weighted by atomic mass is 35.6. The summed E-state index contributed by atoms with van der Waals surface area (Å²) in [7, 11) is -4.97. The Morgan fingerprint density at radius 1 is 0.893 bits per heavy atom. The minimum Gasteiger partial charge on any atom is -0.337 e. The number of amides is 2. The number of carbonyl (C=O) groups excluding carboxylic acids is 1. The van der Waals surface area contributed by atoms with Gasteiger partial charge in [0.1, 0.15) is 6.61 Å². The van der Waals surface area contributed by atoms with Crippen LogP contribution in [0.25, 0.3) is 0 Å². The maximum atomic E-state index is 13.2. The van der Waals surface area contributed by atoms with E-state index in [1.165, 1.54) is 5.32 Å². The Morgan fingerprint density at radius 2 is 1.36 bits per heavy atom. The Balaban J connectivity index is 4.88. The zero-order valence-electron chi connectivity index (χ0n) is 12.7. The van der Waals surface area contributed by atoms with Gasteiger partial charge in [-0.2, -0.15) is 47.9 Å². The van der Waals surface area contributed by atoms with Crippen molar-refractivity contribution in [2.24, 2.45) is 0 Å². The molecule has 0 heterocycles. The van der Waals surface area contributed by atoms with Crippen molar-refractivity contribution >= 4 is 51.1 Å². The fourth-order valence-corrected chi connectivity index (χ4v) is 2.27. The average molecular weight is 518 g/mol. The third kappa shape index (κ3) is 7.35. The highest BCUT2D eigenvalue weighted by molar-refractivity contribution is 7.85. The maximum Gasteiger partial charge on any atom is 0.460 e. The number of rotatable bonds is 8. The number of nitrogens with one attached hydrogen (secondary N) is 2. The first-order valence-corrected chi connectivity index (χ1v) is 8.82. The topological polar surface area (TPSA) is 84.5 Å². The predicted molar refractivity (Wildman–Crippen MR) is 77.2 cm³/mol. The number of alkyl halides is 12. The Hall–Kier alpha value is -0.580.